The first-order valence-corrected chi connectivity index (χ1v) is 18.2. The third kappa shape index (κ3) is 4.53. The molecule has 0 N–H and O–H groups in total. The third-order valence-electron chi connectivity index (χ3n) is 10.4. The van der Waals surface area contributed by atoms with Crippen LogP contribution in [0.25, 0.3) is 61.0 Å². The average molecular weight is 680 g/mol. The van der Waals surface area contributed by atoms with Crippen LogP contribution in [0.2, 0.25) is 0 Å². The van der Waals surface area contributed by atoms with Gasteiger partial charge in [0.2, 0.25) is 0 Å². The van der Waals surface area contributed by atoms with Crippen molar-refractivity contribution < 1.29 is 0 Å². The van der Waals surface area contributed by atoms with Crippen LogP contribution in [0.5, 0.6) is 0 Å². The predicted molar refractivity (Wildman–Crippen MR) is 211 cm³/mol. The number of hydrogen-bond acceptors (Lipinski definition) is 3. The fourth-order valence-corrected chi connectivity index (χ4v) is 9.40. The highest BCUT2D eigenvalue weighted by atomic mass is 32.2. The number of fused-ring (bicyclic) bond motifs is 9. The molecule has 10 rings (SSSR count). The van der Waals surface area contributed by atoms with Gasteiger partial charge in [-0.2, -0.15) is 0 Å². The van der Waals surface area contributed by atoms with E-state index in [9.17, 15) is 0 Å². The molecule has 52 heavy (non-hydrogen) atoms. The topological polar surface area (TPSA) is 30.1 Å². The first-order chi connectivity index (χ1) is 25.7. The molecule has 0 unspecified atom stereocenters. The van der Waals surface area contributed by atoms with E-state index in [1.807, 2.05) is 60.3 Å². The van der Waals surface area contributed by atoms with E-state index in [2.05, 4.69) is 132 Å². The van der Waals surface area contributed by atoms with Gasteiger partial charge in [-0.05, 0) is 68.8 Å². The van der Waals surface area contributed by atoms with Crippen LogP contribution >= 0.6 is 11.8 Å². The van der Waals surface area contributed by atoms with Crippen LogP contribution in [-0.4, -0.2) is 9.97 Å². The minimum Gasteiger partial charge on any atom is -0.238 e. The number of rotatable bonds is 4. The van der Waals surface area contributed by atoms with Crippen LogP contribution in [0.15, 0.2) is 186 Å². The van der Waals surface area contributed by atoms with E-state index >= 15 is 0 Å². The van der Waals surface area contributed by atoms with Gasteiger partial charge in [-0.1, -0.05) is 163 Å². The van der Waals surface area contributed by atoms with Gasteiger partial charge in [0.05, 0.1) is 23.4 Å². The zero-order valence-electron chi connectivity index (χ0n) is 28.0. The molecule has 4 heteroatoms. The van der Waals surface area contributed by atoms with Crippen LogP contribution in [0.3, 0.4) is 0 Å². The predicted octanol–water partition coefficient (Wildman–Crippen LogP) is 12.5. The van der Waals surface area contributed by atoms with Crippen molar-refractivity contribution in [2.45, 2.75) is 15.2 Å². The number of nitrogens with zero attached hydrogens (tertiary/aromatic N) is 3. The number of aromatic nitrogens is 2. The van der Waals surface area contributed by atoms with Crippen LogP contribution < -0.4 is 0 Å². The molecule has 242 valence electrons. The van der Waals surface area contributed by atoms with Crippen molar-refractivity contribution in [1.82, 2.24) is 9.97 Å². The lowest BCUT2D eigenvalue weighted by Gasteiger charge is -2.39. The Labute approximate surface area is 307 Å². The van der Waals surface area contributed by atoms with E-state index in [0.29, 0.717) is 11.5 Å². The summed E-state index contributed by atoms with van der Waals surface area (Å²) in [6, 6.07) is 61.7. The molecule has 2 heterocycles. The second kappa shape index (κ2) is 12.1. The molecule has 0 saturated heterocycles. The molecule has 8 aromatic rings. The Bertz CT molecular complexity index is 2630. The van der Waals surface area contributed by atoms with Crippen molar-refractivity contribution in [3.63, 3.8) is 0 Å². The number of benzene rings is 7. The summed E-state index contributed by atoms with van der Waals surface area (Å²) in [6.07, 6.45) is 0. The molecule has 0 atom stereocenters. The summed E-state index contributed by atoms with van der Waals surface area (Å²) in [6.45, 7) is 8.30. The van der Waals surface area contributed by atoms with Crippen molar-refractivity contribution in [2.24, 2.45) is 0 Å². The van der Waals surface area contributed by atoms with Gasteiger partial charge < -0.3 is 0 Å². The summed E-state index contributed by atoms with van der Waals surface area (Å²) in [7, 11) is 0. The Morgan fingerprint density at radius 3 is 1.75 bits per heavy atom. The van der Waals surface area contributed by atoms with E-state index < -0.39 is 5.41 Å². The molecule has 1 aliphatic carbocycles. The van der Waals surface area contributed by atoms with Gasteiger partial charge in [0.1, 0.15) is 0 Å². The maximum absolute atomic E-state index is 8.30. The Morgan fingerprint density at radius 2 is 1.04 bits per heavy atom. The van der Waals surface area contributed by atoms with Crippen LogP contribution in [-0.2, 0) is 5.41 Å². The lowest BCUT2D eigenvalue weighted by molar-refractivity contribution is 0.722. The molecule has 0 radical (unpaired) electrons. The first kappa shape index (κ1) is 30.3. The standard InChI is InChI=1S/C48H29N3S/c1-49-41-24-14-23-40-46(41)36-29-33(27-28-37(36)48(40)38-21-10-12-25-44(38)52-45-26-13-11-22-39(45)48)34-19-8-9-20-35(34)43-30-42(31-15-4-2-5-16-31)50-47(51-43)32-17-6-3-7-18-32/h2-30H. The van der Waals surface area contributed by atoms with Gasteiger partial charge in [0, 0.05) is 26.5 Å². The molecule has 1 aliphatic heterocycles. The van der Waals surface area contributed by atoms with Crippen LogP contribution in [0.4, 0.5) is 5.69 Å². The summed E-state index contributed by atoms with van der Waals surface area (Å²) in [5, 5.41) is 0. The molecule has 0 fully saturated rings. The van der Waals surface area contributed by atoms with E-state index in [1.165, 1.54) is 26.5 Å². The molecule has 0 amide bonds. The molecular weight excluding hydrogens is 651 g/mol. The van der Waals surface area contributed by atoms with Gasteiger partial charge >= 0.3 is 0 Å². The quantitative estimate of drug-likeness (QED) is 0.173. The van der Waals surface area contributed by atoms with Gasteiger partial charge in [-0.15, -0.1) is 0 Å². The number of hydrogen-bond donors (Lipinski definition) is 0. The Kier molecular flexibility index (Phi) is 7.02. The zero-order chi connectivity index (χ0) is 34.6. The average Bonchev–Trinajstić information content (AvgIpc) is 3.51. The summed E-state index contributed by atoms with van der Waals surface area (Å²) in [5.41, 5.74) is 14.1. The summed E-state index contributed by atoms with van der Waals surface area (Å²) < 4.78 is 0. The largest absolute Gasteiger partial charge is 0.238 e. The van der Waals surface area contributed by atoms with Crippen molar-refractivity contribution in [3.8, 4) is 56.2 Å². The summed E-state index contributed by atoms with van der Waals surface area (Å²) in [4.78, 5) is 16.8. The van der Waals surface area contributed by atoms with Gasteiger partial charge in [-0.25, -0.2) is 14.8 Å². The molecule has 3 nitrogen and oxygen atoms in total. The van der Waals surface area contributed by atoms with Crippen molar-refractivity contribution >= 4 is 17.4 Å². The second-order valence-electron chi connectivity index (χ2n) is 13.2. The van der Waals surface area contributed by atoms with Gasteiger partial charge in [-0.3, -0.25) is 0 Å². The van der Waals surface area contributed by atoms with Gasteiger partial charge in [0.25, 0.3) is 0 Å². The van der Waals surface area contributed by atoms with E-state index in [-0.39, 0.29) is 0 Å². The molecule has 0 bridgehead atoms. The Hall–Kier alpha value is -6.54. The molecular formula is C48H29N3S. The highest BCUT2D eigenvalue weighted by Crippen LogP contribution is 2.63. The van der Waals surface area contributed by atoms with Crippen molar-refractivity contribution in [2.75, 3.05) is 0 Å². The minimum absolute atomic E-state index is 0.538. The highest BCUT2D eigenvalue weighted by molar-refractivity contribution is 7.99. The second-order valence-corrected chi connectivity index (χ2v) is 14.2. The van der Waals surface area contributed by atoms with Gasteiger partial charge in [0.15, 0.2) is 11.5 Å². The van der Waals surface area contributed by atoms with Crippen molar-refractivity contribution in [3.05, 3.63) is 210 Å². The SMILES string of the molecule is [C-]#[N+]c1cccc2c1-c1cc(-c3ccccc3-c3cc(-c4ccccc4)nc(-c4ccccc4)n3)ccc1C21c2ccccc2Sc2ccccc21. The Morgan fingerprint density at radius 1 is 0.442 bits per heavy atom. The summed E-state index contributed by atoms with van der Waals surface area (Å²) in [5.74, 6) is 0.686. The lowest BCUT2D eigenvalue weighted by Crippen LogP contribution is -2.31. The maximum Gasteiger partial charge on any atom is 0.195 e. The molecule has 2 aliphatic rings. The Balaban J connectivity index is 1.21. The van der Waals surface area contributed by atoms with E-state index in [0.717, 1.165) is 55.9 Å². The zero-order valence-corrected chi connectivity index (χ0v) is 28.8. The van der Waals surface area contributed by atoms with Crippen molar-refractivity contribution in [1.29, 1.82) is 0 Å². The highest BCUT2D eigenvalue weighted by Gasteiger charge is 2.50. The van der Waals surface area contributed by atoms with E-state index in [1.54, 1.807) is 0 Å². The lowest BCUT2D eigenvalue weighted by atomic mass is 9.67. The molecule has 1 aromatic heterocycles. The first-order valence-electron chi connectivity index (χ1n) is 17.4. The monoisotopic (exact) mass is 679 g/mol. The van der Waals surface area contributed by atoms with Crippen LogP contribution in [0, 0.1) is 6.57 Å². The fourth-order valence-electron chi connectivity index (χ4n) is 8.21. The molecule has 0 saturated carbocycles. The molecule has 1 spiro atoms. The minimum atomic E-state index is -0.538. The summed E-state index contributed by atoms with van der Waals surface area (Å²) >= 11 is 1.83. The molecule has 7 aromatic carbocycles. The normalized spacial score (nSPS) is 13.1. The fraction of sp³-hybridized carbons (Fsp3) is 0.0208. The third-order valence-corrected chi connectivity index (χ3v) is 11.6. The van der Waals surface area contributed by atoms with Crippen LogP contribution in [0.1, 0.15) is 22.3 Å². The smallest absolute Gasteiger partial charge is 0.195 e. The van der Waals surface area contributed by atoms with E-state index in [4.69, 9.17) is 16.5 Å². The maximum atomic E-state index is 8.30.